The molecule has 2 fully saturated rings. The smallest absolute Gasteiger partial charge is 0.167 e. The van der Waals surface area contributed by atoms with Crippen molar-refractivity contribution in [3.63, 3.8) is 0 Å². The largest absolute Gasteiger partial charge is 0.507 e. The van der Waals surface area contributed by atoms with Crippen LogP contribution in [0.25, 0.3) is 11.4 Å². The molecule has 0 atom stereocenters. The highest BCUT2D eigenvalue weighted by molar-refractivity contribution is 5.65. The fraction of sp³-hybridized carbons (Fsp3) is 0.591. The predicted molar refractivity (Wildman–Crippen MR) is 105 cm³/mol. The van der Waals surface area contributed by atoms with Crippen LogP contribution in [-0.4, -0.2) is 27.2 Å². The van der Waals surface area contributed by atoms with Gasteiger partial charge >= 0.3 is 0 Å². The van der Waals surface area contributed by atoms with Gasteiger partial charge in [0.05, 0.1) is 12.7 Å². The van der Waals surface area contributed by atoms with Gasteiger partial charge in [0.25, 0.3) is 0 Å². The highest BCUT2D eigenvalue weighted by Crippen LogP contribution is 2.37. The van der Waals surface area contributed by atoms with E-state index in [1.807, 2.05) is 12.1 Å². The summed E-state index contributed by atoms with van der Waals surface area (Å²) < 4.78 is 5.21. The number of methoxy groups -OCH3 is 1. The van der Waals surface area contributed by atoms with Gasteiger partial charge < -0.3 is 9.84 Å². The molecule has 0 aliphatic heterocycles. The molecule has 1 heterocycles. The Hall–Kier alpha value is -2.17. The molecule has 1 N–H and O–H groups in total. The SMILES string of the molecule is COc1ccc(-c2nc(C3CCCCC3)nc(C3CCCCC3)n2)c(O)c1. The molecule has 144 valence electrons. The van der Waals surface area contributed by atoms with Crippen LogP contribution in [0.5, 0.6) is 11.5 Å². The lowest BCUT2D eigenvalue weighted by Crippen LogP contribution is -2.16. The van der Waals surface area contributed by atoms with Gasteiger partial charge in [-0.05, 0) is 37.8 Å². The summed E-state index contributed by atoms with van der Waals surface area (Å²) in [7, 11) is 1.60. The second-order valence-electron chi connectivity index (χ2n) is 7.93. The molecule has 2 aliphatic rings. The highest BCUT2D eigenvalue weighted by Gasteiger charge is 2.25. The minimum absolute atomic E-state index is 0.157. The number of hydrogen-bond acceptors (Lipinski definition) is 5. The molecule has 5 heteroatoms. The average Bonchev–Trinajstić information content (AvgIpc) is 2.74. The third-order valence-electron chi connectivity index (χ3n) is 6.06. The van der Waals surface area contributed by atoms with Gasteiger partial charge in [-0.2, -0.15) is 0 Å². The van der Waals surface area contributed by atoms with Crippen molar-refractivity contribution in [3.05, 3.63) is 29.8 Å². The van der Waals surface area contributed by atoms with Crippen LogP contribution in [0.4, 0.5) is 0 Å². The molecule has 0 amide bonds. The molecule has 2 saturated carbocycles. The minimum Gasteiger partial charge on any atom is -0.507 e. The van der Waals surface area contributed by atoms with Crippen molar-refractivity contribution in [2.45, 2.75) is 76.0 Å². The van der Waals surface area contributed by atoms with E-state index in [-0.39, 0.29) is 5.75 Å². The van der Waals surface area contributed by atoms with Gasteiger partial charge in [-0.3, -0.25) is 0 Å². The van der Waals surface area contributed by atoms with E-state index in [2.05, 4.69) is 0 Å². The molecule has 0 spiro atoms. The quantitative estimate of drug-likeness (QED) is 0.789. The topological polar surface area (TPSA) is 68.1 Å². The van der Waals surface area contributed by atoms with Crippen LogP contribution >= 0.6 is 0 Å². The molecule has 5 nitrogen and oxygen atoms in total. The van der Waals surface area contributed by atoms with Crippen LogP contribution in [0.3, 0.4) is 0 Å². The molecule has 27 heavy (non-hydrogen) atoms. The van der Waals surface area contributed by atoms with E-state index in [0.29, 0.717) is 29.0 Å². The highest BCUT2D eigenvalue weighted by atomic mass is 16.5. The second-order valence-corrected chi connectivity index (χ2v) is 7.93. The van der Waals surface area contributed by atoms with Crippen LogP contribution in [0.1, 0.15) is 87.7 Å². The molecule has 1 aromatic carbocycles. The summed E-state index contributed by atoms with van der Waals surface area (Å²) in [6, 6.07) is 5.32. The van der Waals surface area contributed by atoms with E-state index in [0.717, 1.165) is 37.3 Å². The summed E-state index contributed by atoms with van der Waals surface area (Å²) in [5, 5.41) is 10.5. The van der Waals surface area contributed by atoms with Gasteiger partial charge in [-0.25, -0.2) is 15.0 Å². The minimum atomic E-state index is 0.157. The van der Waals surface area contributed by atoms with Crippen molar-refractivity contribution < 1.29 is 9.84 Å². The Morgan fingerprint density at radius 1 is 0.815 bits per heavy atom. The number of aromatic nitrogens is 3. The van der Waals surface area contributed by atoms with E-state index in [4.69, 9.17) is 19.7 Å². The molecule has 0 bridgehead atoms. The Labute approximate surface area is 161 Å². The van der Waals surface area contributed by atoms with Crippen molar-refractivity contribution in [1.82, 2.24) is 15.0 Å². The number of ether oxygens (including phenoxy) is 1. The molecule has 4 rings (SSSR count). The lowest BCUT2D eigenvalue weighted by atomic mass is 9.87. The first-order valence-electron chi connectivity index (χ1n) is 10.4. The van der Waals surface area contributed by atoms with Gasteiger partial charge in [0.1, 0.15) is 23.1 Å². The van der Waals surface area contributed by atoms with Crippen molar-refractivity contribution in [1.29, 1.82) is 0 Å². The van der Waals surface area contributed by atoms with Gasteiger partial charge in [0, 0.05) is 17.9 Å². The van der Waals surface area contributed by atoms with Crippen molar-refractivity contribution in [2.75, 3.05) is 7.11 Å². The standard InChI is InChI=1S/C22H29N3O2/c1-27-17-12-13-18(19(26)14-17)22-24-20(15-8-4-2-5-9-15)23-21(25-22)16-10-6-3-7-11-16/h12-16,26H,2-11H2,1H3. The monoisotopic (exact) mass is 367 g/mol. The number of phenolic OH excluding ortho intramolecular Hbond substituents is 1. The number of aromatic hydroxyl groups is 1. The Balaban J connectivity index is 1.75. The number of hydrogen-bond donors (Lipinski definition) is 1. The molecule has 0 unspecified atom stereocenters. The fourth-order valence-corrected chi connectivity index (χ4v) is 4.44. The zero-order valence-electron chi connectivity index (χ0n) is 16.2. The summed E-state index contributed by atoms with van der Waals surface area (Å²) in [6.45, 7) is 0. The lowest BCUT2D eigenvalue weighted by Gasteiger charge is -2.24. The molecular formula is C22H29N3O2. The number of rotatable bonds is 4. The van der Waals surface area contributed by atoms with Crippen LogP contribution in [0, 0.1) is 0 Å². The Kier molecular flexibility index (Phi) is 5.55. The Bertz CT molecular complexity index is 745. The van der Waals surface area contributed by atoms with E-state index >= 15 is 0 Å². The zero-order chi connectivity index (χ0) is 18.6. The predicted octanol–water partition coefficient (Wildman–Crippen LogP) is 5.35. The fourth-order valence-electron chi connectivity index (χ4n) is 4.44. The average molecular weight is 367 g/mol. The third kappa shape index (κ3) is 4.07. The summed E-state index contributed by atoms with van der Waals surface area (Å²) >= 11 is 0. The van der Waals surface area contributed by atoms with E-state index in [1.165, 1.54) is 38.5 Å². The van der Waals surface area contributed by atoms with E-state index in [9.17, 15) is 5.11 Å². The molecule has 1 aromatic heterocycles. The summed E-state index contributed by atoms with van der Waals surface area (Å²) in [6.07, 6.45) is 12.2. The van der Waals surface area contributed by atoms with Crippen LogP contribution in [-0.2, 0) is 0 Å². The molecule has 2 aliphatic carbocycles. The normalized spacial score (nSPS) is 19.1. The summed E-state index contributed by atoms with van der Waals surface area (Å²) in [5.41, 5.74) is 0.660. The number of benzene rings is 1. The Morgan fingerprint density at radius 2 is 1.37 bits per heavy atom. The lowest BCUT2D eigenvalue weighted by molar-refractivity contribution is 0.406. The number of nitrogens with zero attached hydrogens (tertiary/aromatic N) is 3. The molecule has 0 saturated heterocycles. The maximum absolute atomic E-state index is 10.5. The third-order valence-corrected chi connectivity index (χ3v) is 6.06. The van der Waals surface area contributed by atoms with E-state index < -0.39 is 0 Å². The second kappa shape index (κ2) is 8.24. The van der Waals surface area contributed by atoms with Gasteiger partial charge in [0.2, 0.25) is 0 Å². The first-order chi connectivity index (χ1) is 13.2. The van der Waals surface area contributed by atoms with Crippen LogP contribution < -0.4 is 4.74 Å². The Morgan fingerprint density at radius 3 is 1.85 bits per heavy atom. The maximum Gasteiger partial charge on any atom is 0.167 e. The van der Waals surface area contributed by atoms with Gasteiger partial charge in [-0.1, -0.05) is 38.5 Å². The molecule has 2 aromatic rings. The van der Waals surface area contributed by atoms with E-state index in [1.54, 1.807) is 13.2 Å². The number of phenols is 1. The van der Waals surface area contributed by atoms with Crippen molar-refractivity contribution in [3.8, 4) is 22.9 Å². The zero-order valence-corrected chi connectivity index (χ0v) is 16.2. The van der Waals surface area contributed by atoms with Crippen LogP contribution in [0.15, 0.2) is 18.2 Å². The van der Waals surface area contributed by atoms with Gasteiger partial charge in [-0.15, -0.1) is 0 Å². The first-order valence-corrected chi connectivity index (χ1v) is 10.4. The first kappa shape index (κ1) is 18.2. The molecule has 0 radical (unpaired) electrons. The summed E-state index contributed by atoms with van der Waals surface area (Å²) in [5.74, 6) is 4.08. The van der Waals surface area contributed by atoms with Gasteiger partial charge in [0.15, 0.2) is 5.82 Å². The van der Waals surface area contributed by atoms with Crippen molar-refractivity contribution >= 4 is 0 Å². The maximum atomic E-state index is 10.5. The van der Waals surface area contributed by atoms with Crippen molar-refractivity contribution in [2.24, 2.45) is 0 Å². The van der Waals surface area contributed by atoms with Crippen LogP contribution in [0.2, 0.25) is 0 Å². The summed E-state index contributed by atoms with van der Waals surface area (Å²) in [4.78, 5) is 14.6. The molecular weight excluding hydrogens is 338 g/mol.